The third-order valence-corrected chi connectivity index (χ3v) is 3.28. The van der Waals surface area contributed by atoms with E-state index in [4.69, 9.17) is 4.74 Å². The van der Waals surface area contributed by atoms with Gasteiger partial charge < -0.3 is 15.0 Å². The van der Waals surface area contributed by atoms with E-state index in [-0.39, 0.29) is 0 Å². The number of piperazine rings is 1. The first-order chi connectivity index (χ1) is 8.77. The molecule has 1 aromatic rings. The van der Waals surface area contributed by atoms with Crippen LogP contribution in [0.4, 0.5) is 5.69 Å². The summed E-state index contributed by atoms with van der Waals surface area (Å²) in [6.07, 6.45) is 1.11. The molecule has 0 saturated carbocycles. The number of hydrogen-bond donors (Lipinski definition) is 1. The Morgan fingerprint density at radius 3 is 2.67 bits per heavy atom. The lowest BCUT2D eigenvalue weighted by atomic mass is 10.1. The average molecular weight is 248 g/mol. The molecule has 1 fully saturated rings. The number of para-hydroxylation sites is 2. The summed E-state index contributed by atoms with van der Waals surface area (Å²) in [5, 5.41) is 3.38. The minimum atomic E-state index is 0.691. The van der Waals surface area contributed by atoms with Gasteiger partial charge in [-0.25, -0.2) is 0 Å². The molecule has 1 saturated heterocycles. The zero-order valence-electron chi connectivity index (χ0n) is 11.5. The summed E-state index contributed by atoms with van der Waals surface area (Å²) in [6, 6.07) is 8.39. The van der Waals surface area contributed by atoms with Crippen molar-refractivity contribution in [2.24, 2.45) is 5.92 Å². The standard InChI is InChI=1S/C15H24N2O/c1-13(2)7-12-18-15-6-4-3-5-14(15)17-10-8-16-9-11-17/h3-6,13,16H,7-12H2,1-2H3. The van der Waals surface area contributed by atoms with E-state index in [1.54, 1.807) is 0 Å². The number of anilines is 1. The van der Waals surface area contributed by atoms with E-state index in [9.17, 15) is 0 Å². The number of hydrogen-bond acceptors (Lipinski definition) is 3. The highest BCUT2D eigenvalue weighted by Gasteiger charge is 2.14. The van der Waals surface area contributed by atoms with E-state index in [2.05, 4.69) is 48.3 Å². The molecule has 1 N–H and O–H groups in total. The Morgan fingerprint density at radius 2 is 1.94 bits per heavy atom. The van der Waals surface area contributed by atoms with Crippen LogP contribution in [-0.2, 0) is 0 Å². The second kappa shape index (κ2) is 6.64. The summed E-state index contributed by atoms with van der Waals surface area (Å²) in [5.74, 6) is 1.72. The van der Waals surface area contributed by atoms with E-state index >= 15 is 0 Å². The molecule has 0 unspecified atom stereocenters. The van der Waals surface area contributed by atoms with Crippen LogP contribution in [0.25, 0.3) is 0 Å². The van der Waals surface area contributed by atoms with Crippen LogP contribution in [-0.4, -0.2) is 32.8 Å². The van der Waals surface area contributed by atoms with E-state index in [0.29, 0.717) is 5.92 Å². The average Bonchev–Trinajstić information content (AvgIpc) is 2.40. The molecule has 0 aromatic heterocycles. The quantitative estimate of drug-likeness (QED) is 0.866. The van der Waals surface area contributed by atoms with Gasteiger partial charge in [0, 0.05) is 26.2 Å². The molecule has 1 aliphatic heterocycles. The Hall–Kier alpha value is -1.22. The van der Waals surface area contributed by atoms with Crippen molar-refractivity contribution in [3.05, 3.63) is 24.3 Å². The zero-order valence-corrected chi connectivity index (χ0v) is 11.5. The highest BCUT2D eigenvalue weighted by atomic mass is 16.5. The van der Waals surface area contributed by atoms with Gasteiger partial charge in [-0.15, -0.1) is 0 Å². The predicted octanol–water partition coefficient (Wildman–Crippen LogP) is 2.52. The van der Waals surface area contributed by atoms with Crippen molar-refractivity contribution in [2.45, 2.75) is 20.3 Å². The number of nitrogens with zero attached hydrogens (tertiary/aromatic N) is 1. The predicted molar refractivity (Wildman–Crippen MR) is 76.5 cm³/mol. The van der Waals surface area contributed by atoms with Crippen molar-refractivity contribution in [1.29, 1.82) is 0 Å². The smallest absolute Gasteiger partial charge is 0.142 e. The van der Waals surface area contributed by atoms with Gasteiger partial charge in [-0.2, -0.15) is 0 Å². The second-order valence-electron chi connectivity index (χ2n) is 5.24. The third kappa shape index (κ3) is 3.64. The summed E-state index contributed by atoms with van der Waals surface area (Å²) < 4.78 is 5.94. The lowest BCUT2D eigenvalue weighted by Crippen LogP contribution is -2.43. The van der Waals surface area contributed by atoms with Gasteiger partial charge in [-0.1, -0.05) is 26.0 Å². The summed E-state index contributed by atoms with van der Waals surface area (Å²) in [4.78, 5) is 2.40. The Labute approximate surface area is 110 Å². The maximum absolute atomic E-state index is 5.94. The van der Waals surface area contributed by atoms with Gasteiger partial charge in [-0.05, 0) is 24.5 Å². The lowest BCUT2D eigenvalue weighted by molar-refractivity contribution is 0.289. The van der Waals surface area contributed by atoms with Crippen molar-refractivity contribution in [1.82, 2.24) is 5.32 Å². The summed E-state index contributed by atoms with van der Waals surface area (Å²) >= 11 is 0. The van der Waals surface area contributed by atoms with Crippen LogP contribution >= 0.6 is 0 Å². The summed E-state index contributed by atoms with van der Waals surface area (Å²) in [7, 11) is 0. The maximum Gasteiger partial charge on any atom is 0.142 e. The van der Waals surface area contributed by atoms with Crippen LogP contribution in [0, 0.1) is 5.92 Å². The molecule has 1 heterocycles. The van der Waals surface area contributed by atoms with Gasteiger partial charge in [-0.3, -0.25) is 0 Å². The zero-order chi connectivity index (χ0) is 12.8. The number of ether oxygens (including phenoxy) is 1. The molecule has 3 heteroatoms. The van der Waals surface area contributed by atoms with Crippen molar-refractivity contribution >= 4 is 5.69 Å². The van der Waals surface area contributed by atoms with Crippen LogP contribution < -0.4 is 15.0 Å². The summed E-state index contributed by atoms with van der Waals surface area (Å²) in [6.45, 7) is 9.49. The molecule has 0 radical (unpaired) electrons. The molecule has 100 valence electrons. The molecule has 0 bridgehead atoms. The number of nitrogens with one attached hydrogen (secondary N) is 1. The minimum absolute atomic E-state index is 0.691. The first-order valence-corrected chi connectivity index (χ1v) is 6.95. The molecule has 1 aromatic carbocycles. The number of benzene rings is 1. The lowest BCUT2D eigenvalue weighted by Gasteiger charge is -2.30. The molecule has 0 spiro atoms. The Balaban J connectivity index is 2.00. The van der Waals surface area contributed by atoms with E-state index in [1.807, 2.05) is 0 Å². The third-order valence-electron chi connectivity index (χ3n) is 3.28. The van der Waals surface area contributed by atoms with E-state index in [1.165, 1.54) is 5.69 Å². The van der Waals surface area contributed by atoms with Gasteiger partial charge in [0.25, 0.3) is 0 Å². The topological polar surface area (TPSA) is 24.5 Å². The first-order valence-electron chi connectivity index (χ1n) is 6.95. The molecule has 0 amide bonds. The molecule has 3 nitrogen and oxygen atoms in total. The van der Waals surface area contributed by atoms with Gasteiger partial charge >= 0.3 is 0 Å². The highest BCUT2D eigenvalue weighted by Crippen LogP contribution is 2.28. The second-order valence-corrected chi connectivity index (χ2v) is 5.24. The SMILES string of the molecule is CC(C)CCOc1ccccc1N1CCNCC1. The Morgan fingerprint density at radius 1 is 1.22 bits per heavy atom. The van der Waals surface area contributed by atoms with Crippen molar-refractivity contribution in [3.63, 3.8) is 0 Å². The fourth-order valence-corrected chi connectivity index (χ4v) is 2.15. The maximum atomic E-state index is 5.94. The Bertz CT molecular complexity index is 359. The first kappa shape index (κ1) is 13.2. The molecular weight excluding hydrogens is 224 g/mol. The molecule has 0 aliphatic carbocycles. The monoisotopic (exact) mass is 248 g/mol. The molecule has 0 atom stereocenters. The molecule has 18 heavy (non-hydrogen) atoms. The van der Waals surface area contributed by atoms with Gasteiger partial charge in [0.2, 0.25) is 0 Å². The van der Waals surface area contributed by atoms with Crippen molar-refractivity contribution < 1.29 is 4.74 Å². The molecule has 1 aliphatic rings. The molecular formula is C15H24N2O. The van der Waals surface area contributed by atoms with Crippen LogP contribution in [0.15, 0.2) is 24.3 Å². The minimum Gasteiger partial charge on any atom is -0.491 e. The van der Waals surface area contributed by atoms with E-state index < -0.39 is 0 Å². The van der Waals surface area contributed by atoms with Crippen LogP contribution in [0.1, 0.15) is 20.3 Å². The Kier molecular flexibility index (Phi) is 4.88. The highest BCUT2D eigenvalue weighted by molar-refractivity contribution is 5.58. The summed E-state index contributed by atoms with van der Waals surface area (Å²) in [5.41, 5.74) is 1.24. The van der Waals surface area contributed by atoms with Gasteiger partial charge in [0.05, 0.1) is 12.3 Å². The van der Waals surface area contributed by atoms with Crippen LogP contribution in [0.3, 0.4) is 0 Å². The number of rotatable bonds is 5. The fraction of sp³-hybridized carbons (Fsp3) is 0.600. The van der Waals surface area contributed by atoms with Gasteiger partial charge in [0.15, 0.2) is 0 Å². The largest absolute Gasteiger partial charge is 0.491 e. The normalized spacial score (nSPS) is 16.1. The molecule has 2 rings (SSSR count). The van der Waals surface area contributed by atoms with Crippen molar-refractivity contribution in [3.8, 4) is 5.75 Å². The van der Waals surface area contributed by atoms with Crippen LogP contribution in [0.2, 0.25) is 0 Å². The van der Waals surface area contributed by atoms with E-state index in [0.717, 1.165) is 45.0 Å². The van der Waals surface area contributed by atoms with Crippen molar-refractivity contribution in [2.75, 3.05) is 37.7 Å². The van der Waals surface area contributed by atoms with Crippen LogP contribution in [0.5, 0.6) is 5.75 Å². The van der Waals surface area contributed by atoms with Gasteiger partial charge in [0.1, 0.15) is 5.75 Å². The fourth-order valence-electron chi connectivity index (χ4n) is 2.15.